The first-order valence-corrected chi connectivity index (χ1v) is 13.6. The Morgan fingerprint density at radius 1 is 1.10 bits per heavy atom. The number of nitro benzene ring substituents is 1. The lowest BCUT2D eigenvalue weighted by Gasteiger charge is -2.33. The van der Waals surface area contributed by atoms with Crippen molar-refractivity contribution in [2.24, 2.45) is 0 Å². The zero-order valence-corrected chi connectivity index (χ0v) is 22.9. The minimum Gasteiger partial charge on any atom is -0.352 e. The highest BCUT2D eigenvalue weighted by molar-refractivity contribution is 7.99. The number of amides is 3. The van der Waals surface area contributed by atoms with E-state index in [0.29, 0.717) is 53.6 Å². The average Bonchev–Trinajstić information content (AvgIpc) is 3.48. The Labute approximate surface area is 236 Å². The first-order chi connectivity index (χ1) is 19.3. The molecule has 3 amide bonds. The van der Waals surface area contributed by atoms with Crippen molar-refractivity contribution in [3.63, 3.8) is 0 Å². The molecule has 40 heavy (non-hydrogen) atoms. The number of aryl methyl sites for hydroxylation is 1. The third kappa shape index (κ3) is 7.79. The van der Waals surface area contributed by atoms with Crippen LogP contribution in [0.2, 0.25) is 0 Å². The van der Waals surface area contributed by atoms with Gasteiger partial charge in [0.05, 0.1) is 16.1 Å². The number of nitro groups is 1. The maximum Gasteiger partial charge on any atom is 0.283 e. The molecule has 1 aromatic heterocycles. The summed E-state index contributed by atoms with van der Waals surface area (Å²) in [5.41, 5.74) is 0.900. The largest absolute Gasteiger partial charge is 0.352 e. The van der Waals surface area contributed by atoms with Crippen LogP contribution in [0, 0.1) is 10.1 Å². The molecule has 1 N–H and O–H groups in total. The number of imidazole rings is 1. The van der Waals surface area contributed by atoms with Crippen molar-refractivity contribution in [3.8, 4) is 0 Å². The standard InChI is InChI=1S/C28H30N6O5S/c1-21(35)32-14-16-33(17-15-32)27(36)9-7-22-6-8-26(25(18-22)34(38)39)40-24-5-2-4-23(19-24)28(37)30-10-3-12-31-13-11-29-20-31/h2,4-9,11,13,18-20H,3,10,12,14-17H2,1H3,(H,30,37). The zero-order valence-electron chi connectivity index (χ0n) is 22.1. The molecule has 12 heteroatoms. The van der Waals surface area contributed by atoms with E-state index in [2.05, 4.69) is 10.3 Å². The topological polar surface area (TPSA) is 131 Å². The molecule has 208 valence electrons. The highest BCUT2D eigenvalue weighted by Crippen LogP contribution is 2.36. The smallest absolute Gasteiger partial charge is 0.283 e. The van der Waals surface area contributed by atoms with E-state index in [1.54, 1.807) is 64.8 Å². The van der Waals surface area contributed by atoms with Gasteiger partial charge in [-0.15, -0.1) is 0 Å². The van der Waals surface area contributed by atoms with Crippen LogP contribution in [-0.4, -0.2) is 74.7 Å². The fourth-order valence-electron chi connectivity index (χ4n) is 4.19. The second kappa shape index (κ2) is 13.6. The summed E-state index contributed by atoms with van der Waals surface area (Å²) in [6.07, 6.45) is 9.01. The molecule has 0 bridgehead atoms. The zero-order chi connectivity index (χ0) is 28.5. The van der Waals surface area contributed by atoms with Crippen LogP contribution in [0.15, 0.2) is 77.1 Å². The van der Waals surface area contributed by atoms with Gasteiger partial charge >= 0.3 is 0 Å². The third-order valence-electron chi connectivity index (χ3n) is 6.40. The average molecular weight is 563 g/mol. The molecule has 4 rings (SSSR count). The summed E-state index contributed by atoms with van der Waals surface area (Å²) in [5.74, 6) is -0.433. The lowest BCUT2D eigenvalue weighted by Crippen LogP contribution is -2.49. The van der Waals surface area contributed by atoms with Crippen LogP contribution in [0.5, 0.6) is 0 Å². The Balaban J connectivity index is 1.36. The fourth-order valence-corrected chi connectivity index (χ4v) is 5.15. The molecule has 0 unspecified atom stereocenters. The van der Waals surface area contributed by atoms with E-state index >= 15 is 0 Å². The molecule has 1 aliphatic rings. The number of aromatic nitrogens is 2. The Morgan fingerprint density at radius 3 is 2.58 bits per heavy atom. The number of nitrogens with one attached hydrogen (secondary N) is 1. The second-order valence-corrected chi connectivity index (χ2v) is 10.3. The molecule has 3 aromatic rings. The van der Waals surface area contributed by atoms with Crippen molar-refractivity contribution in [3.05, 3.63) is 88.5 Å². The van der Waals surface area contributed by atoms with Gasteiger partial charge in [-0.25, -0.2) is 4.98 Å². The van der Waals surface area contributed by atoms with E-state index in [4.69, 9.17) is 0 Å². The van der Waals surface area contributed by atoms with Gasteiger partial charge in [-0.1, -0.05) is 23.9 Å². The molecule has 1 fully saturated rings. The second-order valence-electron chi connectivity index (χ2n) is 9.19. The SMILES string of the molecule is CC(=O)N1CCN(C(=O)C=Cc2ccc(Sc3cccc(C(=O)NCCCn4ccnc4)c3)c([N+](=O)[O-])c2)CC1. The van der Waals surface area contributed by atoms with E-state index in [9.17, 15) is 24.5 Å². The quantitative estimate of drug-likeness (QED) is 0.173. The monoisotopic (exact) mass is 562 g/mol. The van der Waals surface area contributed by atoms with Gasteiger partial charge in [0, 0.05) is 81.2 Å². The minimum absolute atomic E-state index is 0.0135. The number of hydrogen-bond donors (Lipinski definition) is 1. The summed E-state index contributed by atoms with van der Waals surface area (Å²) in [5, 5.41) is 14.7. The van der Waals surface area contributed by atoms with Crippen LogP contribution >= 0.6 is 11.8 Å². The molecule has 2 heterocycles. The van der Waals surface area contributed by atoms with Crippen LogP contribution < -0.4 is 5.32 Å². The van der Waals surface area contributed by atoms with E-state index < -0.39 is 4.92 Å². The maximum absolute atomic E-state index is 12.6. The Morgan fingerprint density at radius 2 is 1.88 bits per heavy atom. The van der Waals surface area contributed by atoms with Gasteiger partial charge < -0.3 is 19.7 Å². The van der Waals surface area contributed by atoms with Crippen LogP contribution in [0.1, 0.15) is 29.3 Å². The highest BCUT2D eigenvalue weighted by atomic mass is 32.2. The van der Waals surface area contributed by atoms with E-state index in [1.807, 2.05) is 10.8 Å². The van der Waals surface area contributed by atoms with Crippen molar-refractivity contribution in [2.75, 3.05) is 32.7 Å². The minimum atomic E-state index is -0.459. The molecule has 0 spiro atoms. The van der Waals surface area contributed by atoms with Crippen LogP contribution in [0.4, 0.5) is 5.69 Å². The molecule has 0 atom stereocenters. The first-order valence-electron chi connectivity index (χ1n) is 12.8. The summed E-state index contributed by atoms with van der Waals surface area (Å²) < 4.78 is 1.94. The molecular weight excluding hydrogens is 532 g/mol. The van der Waals surface area contributed by atoms with Gasteiger partial charge in [-0.2, -0.15) is 0 Å². The summed E-state index contributed by atoms with van der Waals surface area (Å²) in [6.45, 7) is 4.63. The summed E-state index contributed by atoms with van der Waals surface area (Å²) in [6, 6.07) is 11.7. The van der Waals surface area contributed by atoms with Crippen molar-refractivity contribution in [2.45, 2.75) is 29.7 Å². The van der Waals surface area contributed by atoms with Crippen molar-refractivity contribution < 1.29 is 19.3 Å². The maximum atomic E-state index is 12.6. The Kier molecular flexibility index (Phi) is 9.68. The number of nitrogens with zero attached hydrogens (tertiary/aromatic N) is 5. The molecule has 2 aromatic carbocycles. The number of rotatable bonds is 10. The Hall–Kier alpha value is -4.45. The van der Waals surface area contributed by atoms with Gasteiger partial charge in [-0.3, -0.25) is 24.5 Å². The lowest BCUT2D eigenvalue weighted by atomic mass is 10.2. The van der Waals surface area contributed by atoms with E-state index in [-0.39, 0.29) is 23.4 Å². The molecular formula is C28H30N6O5S. The van der Waals surface area contributed by atoms with Crippen molar-refractivity contribution >= 4 is 41.2 Å². The molecule has 1 saturated heterocycles. The molecule has 0 saturated carbocycles. The predicted octanol–water partition coefficient (Wildman–Crippen LogP) is 3.47. The Bertz CT molecular complexity index is 1400. The van der Waals surface area contributed by atoms with Crippen LogP contribution in [0.25, 0.3) is 6.08 Å². The summed E-state index contributed by atoms with van der Waals surface area (Å²) in [7, 11) is 0. The molecule has 0 radical (unpaired) electrons. The summed E-state index contributed by atoms with van der Waals surface area (Å²) >= 11 is 1.20. The van der Waals surface area contributed by atoms with Crippen LogP contribution in [0.3, 0.4) is 0 Å². The number of piperazine rings is 1. The molecule has 0 aliphatic carbocycles. The van der Waals surface area contributed by atoms with E-state index in [1.165, 1.54) is 30.8 Å². The highest BCUT2D eigenvalue weighted by Gasteiger charge is 2.21. The number of hydrogen-bond acceptors (Lipinski definition) is 7. The summed E-state index contributed by atoms with van der Waals surface area (Å²) in [4.78, 5) is 56.5. The van der Waals surface area contributed by atoms with Crippen molar-refractivity contribution in [1.29, 1.82) is 0 Å². The third-order valence-corrected chi connectivity index (χ3v) is 7.45. The fraction of sp³-hybridized carbons (Fsp3) is 0.286. The van der Waals surface area contributed by atoms with Gasteiger partial charge in [0.1, 0.15) is 0 Å². The van der Waals surface area contributed by atoms with Gasteiger partial charge in [0.2, 0.25) is 11.8 Å². The first kappa shape index (κ1) is 28.6. The lowest BCUT2D eigenvalue weighted by molar-refractivity contribution is -0.387. The van der Waals surface area contributed by atoms with Gasteiger partial charge in [0.15, 0.2) is 0 Å². The van der Waals surface area contributed by atoms with Gasteiger partial charge in [0.25, 0.3) is 11.6 Å². The van der Waals surface area contributed by atoms with Crippen molar-refractivity contribution in [1.82, 2.24) is 24.7 Å². The number of carbonyl (C=O) groups is 3. The molecule has 11 nitrogen and oxygen atoms in total. The molecule has 1 aliphatic heterocycles. The number of benzene rings is 2. The normalized spacial score (nSPS) is 13.4. The number of carbonyl (C=O) groups excluding carboxylic acids is 3. The van der Waals surface area contributed by atoms with E-state index in [0.717, 1.165) is 13.0 Å². The predicted molar refractivity (Wildman–Crippen MR) is 151 cm³/mol. The van der Waals surface area contributed by atoms with Gasteiger partial charge in [-0.05, 0) is 42.3 Å². The van der Waals surface area contributed by atoms with Crippen LogP contribution in [-0.2, 0) is 16.1 Å².